The molecule has 1 aromatic rings. The lowest BCUT2D eigenvalue weighted by atomic mass is 10.1. The Labute approximate surface area is 151 Å². The van der Waals surface area contributed by atoms with Gasteiger partial charge in [0.2, 0.25) is 0 Å². The first-order chi connectivity index (χ1) is 11.7. The van der Waals surface area contributed by atoms with Crippen LogP contribution >= 0.6 is 0 Å². The summed E-state index contributed by atoms with van der Waals surface area (Å²) in [5.74, 6) is 0.840. The zero-order valence-corrected chi connectivity index (χ0v) is 16.5. The molecule has 2 rings (SSSR count). The Morgan fingerprint density at radius 2 is 2.04 bits per heavy atom. The van der Waals surface area contributed by atoms with Gasteiger partial charge >= 0.3 is 5.97 Å². The summed E-state index contributed by atoms with van der Waals surface area (Å²) in [5.41, 5.74) is 1.49. The molecule has 0 radical (unpaired) electrons. The van der Waals surface area contributed by atoms with E-state index in [1.165, 1.54) is 0 Å². The molecule has 1 atom stereocenters. The quantitative estimate of drug-likeness (QED) is 0.780. The maximum absolute atomic E-state index is 12.1. The Kier molecular flexibility index (Phi) is 6.38. The van der Waals surface area contributed by atoms with Crippen molar-refractivity contribution in [2.45, 2.75) is 65.5 Å². The van der Waals surface area contributed by atoms with Crippen LogP contribution in [0.5, 0.6) is 0 Å². The summed E-state index contributed by atoms with van der Waals surface area (Å²) in [5, 5.41) is 0. The van der Waals surface area contributed by atoms with E-state index in [-0.39, 0.29) is 5.97 Å². The van der Waals surface area contributed by atoms with E-state index in [0.29, 0.717) is 12.6 Å². The number of hydrogen-bond acceptors (Lipinski definition) is 6. The molecule has 0 saturated carbocycles. The molecule has 1 aliphatic heterocycles. The van der Waals surface area contributed by atoms with Crippen molar-refractivity contribution in [1.29, 1.82) is 0 Å². The van der Waals surface area contributed by atoms with Crippen molar-refractivity contribution >= 4 is 11.8 Å². The van der Waals surface area contributed by atoms with Gasteiger partial charge in [-0.1, -0.05) is 0 Å². The number of aryl methyl sites for hydroxylation is 2. The van der Waals surface area contributed by atoms with E-state index in [9.17, 15) is 4.79 Å². The van der Waals surface area contributed by atoms with Crippen molar-refractivity contribution in [1.82, 2.24) is 14.9 Å². The number of carbonyl (C=O) groups is 1. The molecule has 6 heteroatoms. The smallest absolute Gasteiger partial charge is 0.320 e. The number of rotatable bonds is 4. The van der Waals surface area contributed by atoms with Gasteiger partial charge in [0.05, 0.1) is 17.9 Å². The number of carbonyl (C=O) groups excluding carboxylic acids is 1. The third kappa shape index (κ3) is 5.96. The molecule has 0 bridgehead atoms. The molecular weight excluding hydrogens is 316 g/mol. The lowest BCUT2D eigenvalue weighted by molar-refractivity contribution is -0.156. The highest BCUT2D eigenvalue weighted by Gasteiger charge is 2.25. The lowest BCUT2D eigenvalue weighted by Crippen LogP contribution is -2.39. The Morgan fingerprint density at radius 3 is 2.72 bits per heavy atom. The molecule has 1 aliphatic rings. The molecule has 1 fully saturated rings. The van der Waals surface area contributed by atoms with Crippen LogP contribution in [-0.4, -0.2) is 59.2 Å². The number of ether oxygens (including phenoxy) is 1. The van der Waals surface area contributed by atoms with Gasteiger partial charge < -0.3 is 9.64 Å². The number of nitrogens with zero attached hydrogens (tertiary/aromatic N) is 4. The van der Waals surface area contributed by atoms with E-state index in [1.807, 2.05) is 47.9 Å². The number of likely N-dealkylation sites (N-methyl/N-ethyl adjacent to an activating group) is 1. The van der Waals surface area contributed by atoms with E-state index in [0.717, 1.165) is 49.6 Å². The first kappa shape index (κ1) is 19.6. The van der Waals surface area contributed by atoms with Crippen LogP contribution in [0.25, 0.3) is 0 Å². The third-order valence-corrected chi connectivity index (χ3v) is 4.47. The van der Waals surface area contributed by atoms with E-state index >= 15 is 0 Å². The molecule has 25 heavy (non-hydrogen) atoms. The standard InChI is InChI=1S/C19H32N4O2/c1-14-12-20-15(2)18(21-14)23-10-7-8-16(9-11-23)22(6)13-17(24)25-19(3,4)5/h12,16H,7-11,13H2,1-6H3. The topological polar surface area (TPSA) is 58.6 Å². The van der Waals surface area contributed by atoms with E-state index in [2.05, 4.69) is 19.8 Å². The van der Waals surface area contributed by atoms with Crippen molar-refractivity contribution in [3.05, 3.63) is 17.6 Å². The van der Waals surface area contributed by atoms with Gasteiger partial charge in [0.15, 0.2) is 0 Å². The number of esters is 1. The molecule has 140 valence electrons. The minimum atomic E-state index is -0.431. The normalized spacial score (nSPS) is 19.0. The SMILES string of the molecule is Cc1cnc(C)c(N2CCCC(N(C)CC(=O)OC(C)(C)C)CC2)n1. The highest BCUT2D eigenvalue weighted by atomic mass is 16.6. The van der Waals surface area contributed by atoms with Crippen LogP contribution in [-0.2, 0) is 9.53 Å². The average Bonchev–Trinajstić information content (AvgIpc) is 2.73. The fourth-order valence-electron chi connectivity index (χ4n) is 3.26. The Bertz CT molecular complexity index is 598. The van der Waals surface area contributed by atoms with Crippen molar-refractivity contribution in [3.8, 4) is 0 Å². The third-order valence-electron chi connectivity index (χ3n) is 4.47. The zero-order chi connectivity index (χ0) is 18.6. The van der Waals surface area contributed by atoms with E-state index in [4.69, 9.17) is 4.74 Å². The Balaban J connectivity index is 1.94. The summed E-state index contributed by atoms with van der Waals surface area (Å²) >= 11 is 0. The number of hydrogen-bond donors (Lipinski definition) is 0. The molecule has 0 aliphatic carbocycles. The van der Waals surface area contributed by atoms with E-state index in [1.54, 1.807) is 0 Å². The summed E-state index contributed by atoms with van der Waals surface area (Å²) < 4.78 is 5.44. The largest absolute Gasteiger partial charge is 0.459 e. The summed E-state index contributed by atoms with van der Waals surface area (Å²) in [6.45, 7) is 12.0. The van der Waals surface area contributed by atoms with Crippen molar-refractivity contribution < 1.29 is 9.53 Å². The summed E-state index contributed by atoms with van der Waals surface area (Å²) in [6.07, 6.45) is 4.98. The fourth-order valence-corrected chi connectivity index (χ4v) is 3.26. The Hall–Kier alpha value is -1.69. The van der Waals surface area contributed by atoms with Crippen LogP contribution in [0.3, 0.4) is 0 Å². The summed E-state index contributed by atoms with van der Waals surface area (Å²) in [4.78, 5) is 25.6. The van der Waals surface area contributed by atoms with Crippen LogP contribution in [0.2, 0.25) is 0 Å². The zero-order valence-electron chi connectivity index (χ0n) is 16.5. The molecule has 0 aromatic carbocycles. The van der Waals surface area contributed by atoms with Crippen molar-refractivity contribution in [2.75, 3.05) is 31.6 Å². The monoisotopic (exact) mass is 348 g/mol. The van der Waals surface area contributed by atoms with Gasteiger partial charge in [-0.2, -0.15) is 0 Å². The lowest BCUT2D eigenvalue weighted by Gasteiger charge is -2.28. The Morgan fingerprint density at radius 1 is 1.32 bits per heavy atom. The fraction of sp³-hybridized carbons (Fsp3) is 0.737. The maximum atomic E-state index is 12.1. The molecule has 0 amide bonds. The highest BCUT2D eigenvalue weighted by molar-refractivity contribution is 5.72. The van der Waals surface area contributed by atoms with E-state index < -0.39 is 5.60 Å². The van der Waals surface area contributed by atoms with Gasteiger partial charge in [0.1, 0.15) is 11.4 Å². The second-order valence-corrected chi connectivity index (χ2v) is 7.99. The van der Waals surface area contributed by atoms with Crippen LogP contribution in [0.1, 0.15) is 51.4 Å². The van der Waals surface area contributed by atoms with Crippen LogP contribution in [0.15, 0.2) is 6.20 Å². The second-order valence-electron chi connectivity index (χ2n) is 7.99. The van der Waals surface area contributed by atoms with Gasteiger partial charge in [0.25, 0.3) is 0 Å². The maximum Gasteiger partial charge on any atom is 0.320 e. The van der Waals surface area contributed by atoms with Gasteiger partial charge in [-0.25, -0.2) is 4.98 Å². The molecule has 2 heterocycles. The summed E-state index contributed by atoms with van der Waals surface area (Å²) in [6, 6.07) is 0.385. The minimum Gasteiger partial charge on any atom is -0.459 e. The molecule has 0 N–H and O–H groups in total. The number of aromatic nitrogens is 2. The van der Waals surface area contributed by atoms with Crippen LogP contribution < -0.4 is 4.90 Å². The molecule has 1 unspecified atom stereocenters. The molecular formula is C19H32N4O2. The molecule has 1 aromatic heterocycles. The minimum absolute atomic E-state index is 0.156. The van der Waals surface area contributed by atoms with Crippen LogP contribution in [0.4, 0.5) is 5.82 Å². The van der Waals surface area contributed by atoms with Gasteiger partial charge in [-0.15, -0.1) is 0 Å². The van der Waals surface area contributed by atoms with Gasteiger partial charge in [-0.3, -0.25) is 14.7 Å². The predicted octanol–water partition coefficient (Wildman–Crippen LogP) is 2.73. The van der Waals surface area contributed by atoms with Gasteiger partial charge in [-0.05, 0) is 60.9 Å². The highest BCUT2D eigenvalue weighted by Crippen LogP contribution is 2.22. The van der Waals surface area contributed by atoms with Gasteiger partial charge in [0, 0.05) is 25.3 Å². The average molecular weight is 348 g/mol. The van der Waals surface area contributed by atoms with Crippen LogP contribution in [0, 0.1) is 13.8 Å². The molecule has 6 nitrogen and oxygen atoms in total. The number of anilines is 1. The van der Waals surface area contributed by atoms with Crippen molar-refractivity contribution in [3.63, 3.8) is 0 Å². The molecule has 0 spiro atoms. The molecule has 1 saturated heterocycles. The predicted molar refractivity (Wildman–Crippen MR) is 99.8 cm³/mol. The first-order valence-electron chi connectivity index (χ1n) is 9.13. The first-order valence-corrected chi connectivity index (χ1v) is 9.13. The van der Waals surface area contributed by atoms with Crippen molar-refractivity contribution in [2.24, 2.45) is 0 Å². The summed E-state index contributed by atoms with van der Waals surface area (Å²) in [7, 11) is 2.02. The second kappa shape index (κ2) is 8.13.